The van der Waals surface area contributed by atoms with Crippen molar-refractivity contribution >= 4 is 53.7 Å². The Labute approximate surface area is 242 Å². The van der Waals surface area contributed by atoms with Gasteiger partial charge in [-0.15, -0.1) is 0 Å². The molecule has 0 spiro atoms. The average molecular weight is 562 g/mol. The Morgan fingerprint density at radius 1 is 0.786 bits per heavy atom. The van der Waals surface area contributed by atoms with Crippen molar-refractivity contribution in [2.24, 2.45) is 9.98 Å². The molecule has 0 aromatic carbocycles. The predicted octanol–water partition coefficient (Wildman–Crippen LogP) is 3.68. The summed E-state index contributed by atoms with van der Waals surface area (Å²) in [6.07, 6.45) is 11.0. The number of carbonyl (C=O) groups is 2. The molecule has 42 heavy (non-hydrogen) atoms. The van der Waals surface area contributed by atoms with Gasteiger partial charge < -0.3 is 10.2 Å². The van der Waals surface area contributed by atoms with Crippen LogP contribution < -0.4 is 15.8 Å². The first-order chi connectivity index (χ1) is 20.0. The number of rotatable bonds is 6. The van der Waals surface area contributed by atoms with Crippen molar-refractivity contribution in [3.63, 3.8) is 0 Å². The van der Waals surface area contributed by atoms with Crippen LogP contribution in [0.4, 0.5) is 0 Å². The highest BCUT2D eigenvalue weighted by Gasteiger charge is 2.30. The number of hydrogen-bond donors (Lipinski definition) is 2. The summed E-state index contributed by atoms with van der Waals surface area (Å²) < 4.78 is 4.03. The first-order valence-electron chi connectivity index (χ1n) is 13.6. The van der Waals surface area contributed by atoms with Crippen LogP contribution in [0, 0.1) is 13.8 Å². The van der Waals surface area contributed by atoms with E-state index in [0.717, 1.165) is 61.6 Å². The van der Waals surface area contributed by atoms with Crippen molar-refractivity contribution in [3.05, 3.63) is 97.3 Å². The van der Waals surface area contributed by atoms with Gasteiger partial charge in [-0.2, -0.15) is 0 Å². The Morgan fingerprint density at radius 2 is 1.43 bits per heavy atom. The van der Waals surface area contributed by atoms with Crippen LogP contribution in [0.3, 0.4) is 0 Å². The Hall–Kier alpha value is -5.18. The Kier molecular flexibility index (Phi) is 6.07. The third kappa shape index (κ3) is 3.77. The molecule has 0 saturated carbocycles. The van der Waals surface area contributed by atoms with E-state index in [-0.39, 0.29) is 12.8 Å². The average Bonchev–Trinajstić information content (AvgIpc) is 3.55. The molecule has 0 atom stereocenters. The highest BCUT2D eigenvalue weighted by Crippen LogP contribution is 2.36. The van der Waals surface area contributed by atoms with Gasteiger partial charge in [0.25, 0.3) is 0 Å². The highest BCUT2D eigenvalue weighted by atomic mass is 16.4. The molecular weight excluding hydrogens is 530 g/mol. The molecule has 0 fully saturated rings. The summed E-state index contributed by atoms with van der Waals surface area (Å²) in [6, 6.07) is 0. The maximum Gasteiger partial charge on any atom is 0.307 e. The Morgan fingerprint density at radius 3 is 2.07 bits per heavy atom. The van der Waals surface area contributed by atoms with Crippen LogP contribution in [0.1, 0.15) is 53.9 Å². The van der Waals surface area contributed by atoms with Crippen LogP contribution in [0.5, 0.6) is 0 Å². The molecule has 0 radical (unpaired) electrons. The fourth-order valence-corrected chi connectivity index (χ4v) is 6.36. The third-order valence-corrected chi connectivity index (χ3v) is 8.55. The van der Waals surface area contributed by atoms with Crippen molar-refractivity contribution in [2.45, 2.75) is 40.5 Å². The fourth-order valence-electron chi connectivity index (χ4n) is 6.36. The minimum absolute atomic E-state index is 0.210. The highest BCUT2D eigenvalue weighted by molar-refractivity contribution is 6.25. The van der Waals surface area contributed by atoms with Gasteiger partial charge in [0.15, 0.2) is 0 Å². The second-order valence-electron chi connectivity index (χ2n) is 10.8. The van der Waals surface area contributed by atoms with Gasteiger partial charge in [0.05, 0.1) is 57.7 Å². The number of aliphatic imine (C=N–C) groups is 2. The van der Waals surface area contributed by atoms with Crippen molar-refractivity contribution in [3.8, 4) is 0 Å². The van der Waals surface area contributed by atoms with Crippen LogP contribution in [-0.4, -0.2) is 50.0 Å². The lowest BCUT2D eigenvalue weighted by Crippen LogP contribution is -2.49. The molecule has 6 rings (SSSR count). The first kappa shape index (κ1) is 27.0. The van der Waals surface area contributed by atoms with E-state index in [1.807, 2.05) is 81.0 Å². The van der Waals surface area contributed by atoms with Crippen LogP contribution in [-0.2, 0) is 16.0 Å². The van der Waals surface area contributed by atoms with Gasteiger partial charge in [-0.05, 0) is 85.4 Å². The van der Waals surface area contributed by atoms with Crippen LogP contribution in [0.2, 0.25) is 0 Å². The molecule has 0 aliphatic carbocycles. The number of allylic oxidation sites excluding steroid dienone is 3. The van der Waals surface area contributed by atoms with Crippen LogP contribution in [0.15, 0.2) is 62.9 Å². The van der Waals surface area contributed by atoms with E-state index in [9.17, 15) is 19.8 Å². The second-order valence-corrected chi connectivity index (χ2v) is 10.8. The molecule has 0 saturated heterocycles. The summed E-state index contributed by atoms with van der Waals surface area (Å²) in [6.45, 7) is 16.0. The van der Waals surface area contributed by atoms with E-state index in [1.54, 1.807) is 0 Å². The van der Waals surface area contributed by atoms with Crippen molar-refractivity contribution in [1.82, 2.24) is 9.35 Å². The Bertz CT molecular complexity index is 2020. The van der Waals surface area contributed by atoms with E-state index < -0.39 is 11.9 Å². The molecule has 9 nitrogen and oxygen atoms in total. The summed E-state index contributed by atoms with van der Waals surface area (Å²) in [5.41, 5.74) is 10.9. The zero-order valence-corrected chi connectivity index (χ0v) is 24.2. The molecule has 2 aromatic heterocycles. The minimum atomic E-state index is -0.971. The molecular formula is C33H31N5O4. The molecule has 212 valence electrons. The number of aliphatic carboxylic acids is 2. The van der Waals surface area contributed by atoms with E-state index >= 15 is 0 Å². The second kappa shape index (κ2) is 9.44. The van der Waals surface area contributed by atoms with E-state index in [2.05, 4.69) is 17.8 Å². The number of aromatic nitrogens is 2. The molecule has 4 aliphatic rings. The normalized spacial score (nSPS) is 20.8. The van der Waals surface area contributed by atoms with Gasteiger partial charge in [-0.3, -0.25) is 9.59 Å². The van der Waals surface area contributed by atoms with Gasteiger partial charge in [-0.25, -0.2) is 24.5 Å². The fraction of sp³-hybridized carbons (Fsp3) is 0.212. The number of carboxylic acids is 2. The van der Waals surface area contributed by atoms with Gasteiger partial charge in [-0.1, -0.05) is 25.3 Å². The molecule has 6 bridgehead atoms. The predicted molar refractivity (Wildman–Crippen MR) is 166 cm³/mol. The monoisotopic (exact) mass is 561 g/mol. The smallest absolute Gasteiger partial charge is 0.307 e. The SMILES string of the molecule is C=CC1=C(C)C2=NC/1=C\c1c(C)c(C=C)c3n1N(C)n1/c(c(C)c(CC(=O)O)/c1=C/C1=NC(=C\3)/C(C)=C1CC(=O)O)=C\2. The van der Waals surface area contributed by atoms with E-state index in [4.69, 9.17) is 9.98 Å². The molecule has 2 N–H and O–H groups in total. The number of hydrogen-bond acceptors (Lipinski definition) is 5. The molecule has 2 aromatic rings. The van der Waals surface area contributed by atoms with Gasteiger partial charge in [0.1, 0.15) is 0 Å². The number of carboxylic acid groups (broad SMARTS) is 2. The summed E-state index contributed by atoms with van der Waals surface area (Å²) in [7, 11) is 1.93. The van der Waals surface area contributed by atoms with Crippen LogP contribution in [0.25, 0.3) is 30.4 Å². The quantitative estimate of drug-likeness (QED) is 0.559. The van der Waals surface area contributed by atoms with Crippen LogP contribution >= 0.6 is 0 Å². The number of fused-ring (bicyclic) bond motifs is 2. The van der Waals surface area contributed by atoms with E-state index in [0.29, 0.717) is 27.9 Å². The van der Waals surface area contributed by atoms with Gasteiger partial charge in [0, 0.05) is 18.2 Å². The summed E-state index contributed by atoms with van der Waals surface area (Å²) >= 11 is 0. The van der Waals surface area contributed by atoms with Crippen molar-refractivity contribution in [1.29, 1.82) is 0 Å². The third-order valence-electron chi connectivity index (χ3n) is 8.55. The largest absolute Gasteiger partial charge is 0.481 e. The molecule has 6 heterocycles. The van der Waals surface area contributed by atoms with Gasteiger partial charge >= 0.3 is 11.9 Å². The Balaban J connectivity index is 1.89. The van der Waals surface area contributed by atoms with E-state index in [1.165, 1.54) is 0 Å². The molecule has 4 aliphatic heterocycles. The minimum Gasteiger partial charge on any atom is -0.481 e. The van der Waals surface area contributed by atoms with Gasteiger partial charge in [0.2, 0.25) is 0 Å². The lowest BCUT2D eigenvalue weighted by atomic mass is 10.0. The van der Waals surface area contributed by atoms with Crippen molar-refractivity contribution < 1.29 is 19.8 Å². The summed E-state index contributed by atoms with van der Waals surface area (Å²) in [4.78, 5) is 34.0. The summed E-state index contributed by atoms with van der Waals surface area (Å²) in [5.74, 6) is -1.94. The summed E-state index contributed by atoms with van der Waals surface area (Å²) in [5, 5.41) is 23.1. The topological polar surface area (TPSA) is 112 Å². The zero-order chi connectivity index (χ0) is 30.2. The first-order valence-corrected chi connectivity index (χ1v) is 13.6. The lowest BCUT2D eigenvalue weighted by molar-refractivity contribution is -0.137. The molecule has 0 amide bonds. The lowest BCUT2D eigenvalue weighted by Gasteiger charge is -2.28. The van der Waals surface area contributed by atoms with Crippen molar-refractivity contribution in [2.75, 3.05) is 12.2 Å². The molecule has 0 unspecified atom stereocenters. The molecule has 9 heteroatoms. The zero-order valence-electron chi connectivity index (χ0n) is 24.2. The number of nitrogens with zero attached hydrogens (tertiary/aromatic N) is 5. The maximum atomic E-state index is 12.2. The maximum absolute atomic E-state index is 12.2. The standard InChI is InChI=1S/C33H31N5O4/c1-8-20-16(3)24-12-28-19(6)23(11-33(41)42)31-15-27-22(10-32(39)40)17(4)25(35-27)13-30-21(9-2)18(5)29(14-26(20)34-24)37(30)36(7)38(28)31/h8-9,12-15H,1-2,10-11H2,3-7H3,(H,39,40)(H,41,42)/b24-12?,25-13-,26-14-,27-15?,28-12-,29-14?,30-13?,31-15-.